The highest BCUT2D eigenvalue weighted by molar-refractivity contribution is 8.26. The number of carbonyl (C=O) groups excluding carboxylic acids is 2. The lowest BCUT2D eigenvalue weighted by atomic mass is 10.1. The van der Waals surface area contributed by atoms with Crippen molar-refractivity contribution in [3.63, 3.8) is 0 Å². The predicted octanol–water partition coefficient (Wildman–Crippen LogP) is 3.60. The van der Waals surface area contributed by atoms with Crippen LogP contribution in [-0.2, 0) is 9.59 Å². The SMILES string of the molecule is CCN(CCO)C(=O)CCCCCN1C(=O)/C(=C/c2ccc(C)cc2)SC1=S. The average Bonchev–Trinajstić information content (AvgIpc) is 2.94. The maximum atomic E-state index is 12.6. The van der Waals surface area contributed by atoms with Gasteiger partial charge in [-0.2, -0.15) is 0 Å². The number of benzene rings is 1. The molecule has 28 heavy (non-hydrogen) atoms. The first-order valence-electron chi connectivity index (χ1n) is 9.67. The number of rotatable bonds is 10. The summed E-state index contributed by atoms with van der Waals surface area (Å²) in [6, 6.07) is 8.03. The van der Waals surface area contributed by atoms with E-state index in [4.69, 9.17) is 17.3 Å². The van der Waals surface area contributed by atoms with Gasteiger partial charge in [0.2, 0.25) is 5.91 Å². The lowest BCUT2D eigenvalue weighted by Crippen LogP contribution is -2.33. The first-order valence-corrected chi connectivity index (χ1v) is 10.9. The summed E-state index contributed by atoms with van der Waals surface area (Å²) in [4.78, 5) is 28.7. The Kier molecular flexibility index (Phi) is 9.15. The molecule has 0 saturated carbocycles. The van der Waals surface area contributed by atoms with Crippen molar-refractivity contribution in [2.75, 3.05) is 26.2 Å². The Morgan fingerprint density at radius 2 is 1.96 bits per heavy atom. The zero-order valence-electron chi connectivity index (χ0n) is 16.5. The molecule has 0 unspecified atom stereocenters. The minimum atomic E-state index is -0.0354. The van der Waals surface area contributed by atoms with Crippen LogP contribution < -0.4 is 0 Å². The second-order valence-electron chi connectivity index (χ2n) is 6.75. The van der Waals surface area contributed by atoms with E-state index in [1.165, 1.54) is 17.3 Å². The third kappa shape index (κ3) is 6.43. The molecule has 7 heteroatoms. The molecular weight excluding hydrogens is 392 g/mol. The van der Waals surface area contributed by atoms with Gasteiger partial charge in [0.1, 0.15) is 4.32 Å². The minimum absolute atomic E-state index is 0.00972. The highest BCUT2D eigenvalue weighted by Gasteiger charge is 2.31. The van der Waals surface area contributed by atoms with Crippen LogP contribution in [0.25, 0.3) is 6.08 Å². The normalized spacial score (nSPS) is 15.5. The second-order valence-corrected chi connectivity index (χ2v) is 8.43. The maximum Gasteiger partial charge on any atom is 0.266 e. The van der Waals surface area contributed by atoms with Crippen LogP contribution >= 0.6 is 24.0 Å². The molecular formula is C21H28N2O3S2. The van der Waals surface area contributed by atoms with Crippen molar-refractivity contribution in [1.82, 2.24) is 9.80 Å². The van der Waals surface area contributed by atoms with Crippen LogP contribution in [0.4, 0.5) is 0 Å². The van der Waals surface area contributed by atoms with E-state index < -0.39 is 0 Å². The summed E-state index contributed by atoms with van der Waals surface area (Å²) in [6.45, 7) is 5.51. The molecule has 1 aliphatic heterocycles. The Hall–Kier alpha value is -1.70. The molecule has 1 fully saturated rings. The van der Waals surface area contributed by atoms with Crippen molar-refractivity contribution in [3.8, 4) is 0 Å². The van der Waals surface area contributed by atoms with Gasteiger partial charge < -0.3 is 10.0 Å². The summed E-state index contributed by atoms with van der Waals surface area (Å²) in [5.74, 6) is 0.0370. The van der Waals surface area contributed by atoms with Crippen molar-refractivity contribution >= 4 is 46.2 Å². The zero-order chi connectivity index (χ0) is 20.5. The molecule has 2 amide bonds. The van der Waals surface area contributed by atoms with Crippen LogP contribution in [0.3, 0.4) is 0 Å². The van der Waals surface area contributed by atoms with Gasteiger partial charge in [0, 0.05) is 26.1 Å². The van der Waals surface area contributed by atoms with Crippen molar-refractivity contribution in [1.29, 1.82) is 0 Å². The Balaban J connectivity index is 1.78. The van der Waals surface area contributed by atoms with Crippen molar-refractivity contribution < 1.29 is 14.7 Å². The van der Waals surface area contributed by atoms with Crippen LogP contribution in [0.15, 0.2) is 29.2 Å². The largest absolute Gasteiger partial charge is 0.395 e. The zero-order valence-corrected chi connectivity index (χ0v) is 18.2. The molecule has 2 rings (SSSR count). The molecule has 1 aliphatic rings. The maximum absolute atomic E-state index is 12.6. The van der Waals surface area contributed by atoms with Gasteiger partial charge >= 0.3 is 0 Å². The lowest BCUT2D eigenvalue weighted by Gasteiger charge is -2.19. The number of thioether (sulfide) groups is 1. The van der Waals surface area contributed by atoms with Crippen molar-refractivity contribution in [3.05, 3.63) is 40.3 Å². The summed E-state index contributed by atoms with van der Waals surface area (Å²) in [5.41, 5.74) is 2.18. The van der Waals surface area contributed by atoms with Crippen molar-refractivity contribution in [2.45, 2.75) is 39.5 Å². The van der Waals surface area contributed by atoms with E-state index in [-0.39, 0.29) is 18.4 Å². The number of aliphatic hydroxyl groups excluding tert-OH is 1. The topological polar surface area (TPSA) is 60.9 Å². The quantitative estimate of drug-likeness (QED) is 0.356. The first-order chi connectivity index (χ1) is 13.5. The van der Waals surface area contributed by atoms with E-state index in [0.717, 1.165) is 24.8 Å². The number of thiocarbonyl (C=S) groups is 1. The van der Waals surface area contributed by atoms with E-state index in [1.807, 2.05) is 44.2 Å². The van der Waals surface area contributed by atoms with E-state index >= 15 is 0 Å². The monoisotopic (exact) mass is 420 g/mol. The van der Waals surface area contributed by atoms with Gasteiger partial charge in [-0.3, -0.25) is 14.5 Å². The molecule has 0 aromatic heterocycles. The van der Waals surface area contributed by atoms with Crippen LogP contribution in [0.5, 0.6) is 0 Å². The fourth-order valence-corrected chi connectivity index (χ4v) is 4.28. The van der Waals surface area contributed by atoms with Gasteiger partial charge in [-0.1, -0.05) is 60.2 Å². The molecule has 1 aromatic rings. The minimum Gasteiger partial charge on any atom is -0.395 e. The number of unbranched alkanes of at least 4 members (excludes halogenated alkanes) is 2. The number of aryl methyl sites for hydroxylation is 1. The predicted molar refractivity (Wildman–Crippen MR) is 119 cm³/mol. The summed E-state index contributed by atoms with van der Waals surface area (Å²) in [5, 5.41) is 8.97. The second kappa shape index (κ2) is 11.3. The number of carbonyl (C=O) groups is 2. The molecule has 0 spiro atoms. The lowest BCUT2D eigenvalue weighted by molar-refractivity contribution is -0.131. The van der Waals surface area contributed by atoms with E-state index in [1.54, 1.807) is 9.80 Å². The van der Waals surface area contributed by atoms with E-state index in [2.05, 4.69) is 0 Å². The number of aliphatic hydroxyl groups is 1. The number of nitrogens with zero attached hydrogens (tertiary/aromatic N) is 2. The van der Waals surface area contributed by atoms with Gasteiger partial charge in [0.25, 0.3) is 5.91 Å². The average molecular weight is 421 g/mol. The molecule has 0 atom stereocenters. The Morgan fingerprint density at radius 1 is 1.25 bits per heavy atom. The van der Waals surface area contributed by atoms with Gasteiger partial charge in [-0.05, 0) is 38.3 Å². The summed E-state index contributed by atoms with van der Waals surface area (Å²) in [7, 11) is 0. The van der Waals surface area contributed by atoms with E-state index in [9.17, 15) is 9.59 Å². The Bertz CT molecular complexity index is 732. The van der Waals surface area contributed by atoms with Crippen molar-refractivity contribution in [2.24, 2.45) is 0 Å². The number of hydrogen-bond donors (Lipinski definition) is 1. The molecule has 0 radical (unpaired) electrons. The highest BCUT2D eigenvalue weighted by atomic mass is 32.2. The first kappa shape index (κ1) is 22.6. The fourth-order valence-electron chi connectivity index (χ4n) is 2.97. The molecule has 5 nitrogen and oxygen atoms in total. The summed E-state index contributed by atoms with van der Waals surface area (Å²) >= 11 is 6.72. The smallest absolute Gasteiger partial charge is 0.266 e. The Morgan fingerprint density at radius 3 is 2.61 bits per heavy atom. The Labute approximate surface area is 176 Å². The highest BCUT2D eigenvalue weighted by Crippen LogP contribution is 2.32. The van der Waals surface area contributed by atoms with Gasteiger partial charge in [0.15, 0.2) is 0 Å². The van der Waals surface area contributed by atoms with Crippen LogP contribution in [0, 0.1) is 6.92 Å². The number of amides is 2. The molecule has 1 saturated heterocycles. The molecule has 0 bridgehead atoms. The van der Waals surface area contributed by atoms with E-state index in [0.29, 0.717) is 35.3 Å². The summed E-state index contributed by atoms with van der Waals surface area (Å²) in [6.07, 6.45) is 4.80. The molecule has 1 aromatic carbocycles. The van der Waals surface area contributed by atoms with Crippen LogP contribution in [0.1, 0.15) is 43.7 Å². The van der Waals surface area contributed by atoms with Gasteiger partial charge in [-0.15, -0.1) is 0 Å². The third-order valence-corrected chi connectivity index (χ3v) is 6.00. The molecule has 0 aliphatic carbocycles. The van der Waals surface area contributed by atoms with Gasteiger partial charge in [0.05, 0.1) is 11.5 Å². The third-order valence-electron chi connectivity index (χ3n) is 4.63. The standard InChI is InChI=1S/C21H28N2O3S2/c1-3-22(13-14-24)19(25)7-5-4-6-12-23-20(26)18(28-21(23)27)15-17-10-8-16(2)9-11-17/h8-11,15,24H,3-7,12-14H2,1-2H3/b18-15-. The summed E-state index contributed by atoms with van der Waals surface area (Å²) < 4.78 is 0.597. The van der Waals surface area contributed by atoms with Gasteiger partial charge in [-0.25, -0.2) is 0 Å². The van der Waals surface area contributed by atoms with Crippen LogP contribution in [-0.4, -0.2) is 57.3 Å². The van der Waals surface area contributed by atoms with Crippen LogP contribution in [0.2, 0.25) is 0 Å². The fraction of sp³-hybridized carbons (Fsp3) is 0.476. The number of hydrogen-bond acceptors (Lipinski definition) is 5. The number of likely N-dealkylation sites (N-methyl/N-ethyl adjacent to an activating group) is 1. The molecule has 1 heterocycles. The molecule has 1 N–H and O–H groups in total. The molecule has 152 valence electrons.